The third-order valence-electron chi connectivity index (χ3n) is 4.52. The van der Waals surface area contributed by atoms with Crippen LogP contribution in [0, 0.1) is 5.92 Å². The Morgan fingerprint density at radius 3 is 2.05 bits per heavy atom. The van der Waals surface area contributed by atoms with Crippen LogP contribution in [0.15, 0.2) is 0 Å². The van der Waals surface area contributed by atoms with Gasteiger partial charge in [0.25, 0.3) is 0 Å². The minimum atomic E-state index is -3.36. The second-order valence-corrected chi connectivity index (χ2v) is 10.5. The van der Waals surface area contributed by atoms with E-state index in [-0.39, 0.29) is 30.4 Å². The predicted molar refractivity (Wildman–Crippen MR) is 78.5 cm³/mol. The summed E-state index contributed by atoms with van der Waals surface area (Å²) in [7, 11) is -6.38. The number of hydrogen-bond acceptors (Lipinski definition) is 5. The van der Waals surface area contributed by atoms with Crippen molar-refractivity contribution in [3.63, 3.8) is 0 Å². The first-order valence-electron chi connectivity index (χ1n) is 7.17. The zero-order chi connectivity index (χ0) is 15.0. The van der Waals surface area contributed by atoms with Crippen molar-refractivity contribution >= 4 is 19.9 Å². The average Bonchev–Trinajstić information content (AvgIpc) is 2.38. The van der Waals surface area contributed by atoms with Gasteiger partial charge in [0.1, 0.15) is 9.84 Å². The molecule has 2 aliphatic heterocycles. The van der Waals surface area contributed by atoms with Crippen LogP contribution in [-0.2, 0) is 19.9 Å². The second-order valence-electron chi connectivity index (χ2n) is 5.99. The molecule has 2 saturated heterocycles. The first-order valence-corrected chi connectivity index (χ1v) is 10.5. The van der Waals surface area contributed by atoms with Gasteiger partial charge in [-0.25, -0.2) is 21.1 Å². The molecule has 2 fully saturated rings. The molecule has 2 N–H and O–H groups in total. The van der Waals surface area contributed by atoms with Crippen molar-refractivity contribution in [3.05, 3.63) is 0 Å². The van der Waals surface area contributed by atoms with Crippen LogP contribution in [0.3, 0.4) is 0 Å². The fourth-order valence-electron chi connectivity index (χ4n) is 3.03. The van der Waals surface area contributed by atoms with Crippen LogP contribution in [0.4, 0.5) is 0 Å². The molecule has 2 aliphatic rings. The zero-order valence-electron chi connectivity index (χ0n) is 11.9. The molecule has 0 aromatic carbocycles. The Bertz CT molecular complexity index is 520. The standard InChI is InChI=1S/C12H24N2O4S2/c1-10(13)11-2-6-14(7-3-11)20(17,18)12-4-8-19(15,16)9-5-12/h10-12H,2-9,13H2,1H3. The minimum absolute atomic E-state index is 0.00675. The maximum atomic E-state index is 12.5. The molecular weight excluding hydrogens is 300 g/mol. The van der Waals surface area contributed by atoms with Gasteiger partial charge in [-0.05, 0) is 38.5 Å². The van der Waals surface area contributed by atoms with E-state index >= 15 is 0 Å². The monoisotopic (exact) mass is 324 g/mol. The molecule has 0 amide bonds. The quantitative estimate of drug-likeness (QED) is 0.785. The second kappa shape index (κ2) is 5.90. The van der Waals surface area contributed by atoms with E-state index in [1.807, 2.05) is 6.92 Å². The average molecular weight is 324 g/mol. The summed E-state index contributed by atoms with van der Waals surface area (Å²) in [4.78, 5) is 0. The first kappa shape index (κ1) is 16.2. The van der Waals surface area contributed by atoms with E-state index < -0.39 is 25.1 Å². The predicted octanol–water partition coefficient (Wildman–Crippen LogP) is -0.0474. The number of hydrogen-bond donors (Lipinski definition) is 1. The van der Waals surface area contributed by atoms with Gasteiger partial charge in [-0.2, -0.15) is 0 Å². The molecule has 2 heterocycles. The number of piperidine rings is 1. The molecule has 0 bridgehead atoms. The van der Waals surface area contributed by atoms with Gasteiger partial charge >= 0.3 is 0 Å². The molecular formula is C12H24N2O4S2. The highest BCUT2D eigenvalue weighted by Gasteiger charge is 2.38. The Balaban J connectivity index is 1.98. The molecule has 118 valence electrons. The Morgan fingerprint density at radius 2 is 1.60 bits per heavy atom. The van der Waals surface area contributed by atoms with Crippen LogP contribution >= 0.6 is 0 Å². The smallest absolute Gasteiger partial charge is 0.217 e. The van der Waals surface area contributed by atoms with Crippen molar-refractivity contribution in [3.8, 4) is 0 Å². The van der Waals surface area contributed by atoms with Crippen molar-refractivity contribution in [1.82, 2.24) is 4.31 Å². The normalized spacial score (nSPS) is 28.3. The van der Waals surface area contributed by atoms with E-state index in [1.54, 1.807) is 0 Å². The van der Waals surface area contributed by atoms with Gasteiger partial charge < -0.3 is 5.73 Å². The van der Waals surface area contributed by atoms with Gasteiger partial charge in [0.2, 0.25) is 10.0 Å². The van der Waals surface area contributed by atoms with Gasteiger partial charge in [0, 0.05) is 19.1 Å². The van der Waals surface area contributed by atoms with Crippen LogP contribution < -0.4 is 5.73 Å². The SMILES string of the molecule is CC(N)C1CCN(S(=O)(=O)C2CCS(=O)(=O)CC2)CC1. The zero-order valence-corrected chi connectivity index (χ0v) is 13.5. The number of sulfonamides is 1. The topological polar surface area (TPSA) is 97.5 Å². The van der Waals surface area contributed by atoms with E-state index in [4.69, 9.17) is 5.73 Å². The molecule has 6 nitrogen and oxygen atoms in total. The lowest BCUT2D eigenvalue weighted by Crippen LogP contribution is -2.47. The highest BCUT2D eigenvalue weighted by molar-refractivity contribution is 7.92. The highest BCUT2D eigenvalue weighted by atomic mass is 32.2. The van der Waals surface area contributed by atoms with Crippen molar-refractivity contribution in [1.29, 1.82) is 0 Å². The van der Waals surface area contributed by atoms with E-state index in [1.165, 1.54) is 4.31 Å². The molecule has 2 rings (SSSR count). The lowest BCUT2D eigenvalue weighted by Gasteiger charge is -2.35. The summed E-state index contributed by atoms with van der Waals surface area (Å²) in [5.41, 5.74) is 5.86. The first-order chi connectivity index (χ1) is 9.22. The van der Waals surface area contributed by atoms with Crippen molar-refractivity contribution in [2.75, 3.05) is 24.6 Å². The van der Waals surface area contributed by atoms with Crippen LogP contribution in [-0.4, -0.2) is 57.0 Å². The fraction of sp³-hybridized carbons (Fsp3) is 1.00. The maximum absolute atomic E-state index is 12.5. The molecule has 0 spiro atoms. The maximum Gasteiger partial charge on any atom is 0.217 e. The number of nitrogens with two attached hydrogens (primary N) is 1. The van der Waals surface area contributed by atoms with Crippen LogP contribution in [0.1, 0.15) is 32.6 Å². The van der Waals surface area contributed by atoms with Gasteiger partial charge in [-0.1, -0.05) is 0 Å². The molecule has 1 atom stereocenters. The van der Waals surface area contributed by atoms with E-state index in [0.29, 0.717) is 19.0 Å². The molecule has 1 unspecified atom stereocenters. The van der Waals surface area contributed by atoms with E-state index in [2.05, 4.69) is 0 Å². The van der Waals surface area contributed by atoms with E-state index in [9.17, 15) is 16.8 Å². The highest BCUT2D eigenvalue weighted by Crippen LogP contribution is 2.27. The lowest BCUT2D eigenvalue weighted by atomic mass is 9.92. The molecule has 8 heteroatoms. The van der Waals surface area contributed by atoms with Crippen LogP contribution in [0.5, 0.6) is 0 Å². The largest absolute Gasteiger partial charge is 0.328 e. The number of nitrogens with zero attached hydrogens (tertiary/aromatic N) is 1. The lowest BCUT2D eigenvalue weighted by molar-refractivity contribution is 0.248. The van der Waals surface area contributed by atoms with E-state index in [0.717, 1.165) is 12.8 Å². The number of rotatable bonds is 3. The Kier molecular flexibility index (Phi) is 4.78. The minimum Gasteiger partial charge on any atom is -0.328 e. The summed E-state index contributed by atoms with van der Waals surface area (Å²) in [5.74, 6) is 0.369. The van der Waals surface area contributed by atoms with Gasteiger partial charge in [-0.3, -0.25) is 0 Å². The third-order valence-corrected chi connectivity index (χ3v) is 8.64. The fourth-order valence-corrected chi connectivity index (χ4v) is 6.80. The number of sulfone groups is 1. The van der Waals surface area contributed by atoms with Crippen LogP contribution in [0.2, 0.25) is 0 Å². The Hall–Kier alpha value is -0.180. The molecule has 0 aromatic rings. The summed E-state index contributed by atoms with van der Waals surface area (Å²) in [6, 6.07) is 0.0969. The Labute approximate surface area is 121 Å². The van der Waals surface area contributed by atoms with Gasteiger partial charge in [0.15, 0.2) is 0 Å². The summed E-state index contributed by atoms with van der Waals surface area (Å²) in [6.45, 7) is 2.98. The molecule has 20 heavy (non-hydrogen) atoms. The summed E-state index contributed by atoms with van der Waals surface area (Å²) >= 11 is 0. The van der Waals surface area contributed by atoms with Crippen molar-refractivity contribution in [2.24, 2.45) is 11.7 Å². The molecule has 0 aromatic heterocycles. The molecule has 0 saturated carbocycles. The van der Waals surface area contributed by atoms with Gasteiger partial charge in [-0.15, -0.1) is 0 Å². The molecule has 0 aliphatic carbocycles. The summed E-state index contributed by atoms with van der Waals surface area (Å²) < 4.78 is 49.4. The third kappa shape index (κ3) is 3.52. The molecule has 0 radical (unpaired) electrons. The van der Waals surface area contributed by atoms with Gasteiger partial charge in [0.05, 0.1) is 16.8 Å². The van der Waals surface area contributed by atoms with Crippen molar-refractivity contribution in [2.45, 2.75) is 43.9 Å². The summed E-state index contributed by atoms with van der Waals surface area (Å²) in [5, 5.41) is -0.530. The summed E-state index contributed by atoms with van der Waals surface area (Å²) in [6.07, 6.45) is 2.06. The van der Waals surface area contributed by atoms with Crippen molar-refractivity contribution < 1.29 is 16.8 Å². The van der Waals surface area contributed by atoms with Crippen LogP contribution in [0.25, 0.3) is 0 Å². The Morgan fingerprint density at radius 1 is 1.10 bits per heavy atom.